The summed E-state index contributed by atoms with van der Waals surface area (Å²) in [5, 5.41) is 54.8. The van der Waals surface area contributed by atoms with Gasteiger partial charge in [-0.15, -0.1) is 0 Å². The number of hydrogen-bond donors (Lipinski definition) is 6. The molecule has 3 unspecified atom stereocenters. The molecule has 7 N–H and O–H groups in total. The minimum atomic E-state index is -1.85. The van der Waals surface area contributed by atoms with Crippen LogP contribution in [0.25, 0.3) is 0 Å². The van der Waals surface area contributed by atoms with Crippen LogP contribution in [0.1, 0.15) is 81.9 Å². The number of carbonyl (C=O) groups is 2. The van der Waals surface area contributed by atoms with Crippen LogP contribution >= 0.6 is 0 Å². The number of aliphatic hydroxyl groups is 3. The van der Waals surface area contributed by atoms with Crippen molar-refractivity contribution in [1.29, 1.82) is 0 Å². The Morgan fingerprint density at radius 2 is 1.70 bits per heavy atom. The Balaban J connectivity index is 1.68. The van der Waals surface area contributed by atoms with E-state index >= 15 is 0 Å². The van der Waals surface area contributed by atoms with Gasteiger partial charge < -0.3 is 45.5 Å². The van der Waals surface area contributed by atoms with Gasteiger partial charge >= 0.3 is 0 Å². The highest BCUT2D eigenvalue weighted by Crippen LogP contribution is 2.55. The largest absolute Gasteiger partial charge is 0.507 e. The second kappa shape index (κ2) is 8.76. The number of carbonyl (C=O) groups excluding carboxylic acids is 2. The van der Waals surface area contributed by atoms with Crippen molar-refractivity contribution < 1.29 is 49.3 Å². The molecule has 1 fully saturated rings. The Hall–Kier alpha value is -3.06. The number of ether oxygens (including phenoxy) is 3. The summed E-state index contributed by atoms with van der Waals surface area (Å²) in [5.41, 5.74) is 2.65. The van der Waals surface area contributed by atoms with Gasteiger partial charge in [0.05, 0.1) is 47.7 Å². The molecule has 0 aromatic heterocycles. The van der Waals surface area contributed by atoms with Crippen molar-refractivity contribution in [2.75, 3.05) is 7.11 Å². The minimum absolute atomic E-state index is 0.0338. The molecule has 2 aliphatic carbocycles. The summed E-state index contributed by atoms with van der Waals surface area (Å²) in [5.74, 6) is -2.79. The van der Waals surface area contributed by atoms with Crippen LogP contribution in [0.2, 0.25) is 0 Å². The summed E-state index contributed by atoms with van der Waals surface area (Å²) in [6.07, 6.45) is -5.62. The fourth-order valence-electron chi connectivity index (χ4n) is 5.56. The van der Waals surface area contributed by atoms with E-state index in [9.17, 15) is 35.1 Å². The number of phenols is 2. The summed E-state index contributed by atoms with van der Waals surface area (Å²) < 4.78 is 17.0. The lowest BCUT2D eigenvalue weighted by atomic mass is 9.72. The maximum absolute atomic E-state index is 13.6. The monoisotopic (exact) mass is 515 g/mol. The molecular weight excluding hydrogens is 486 g/mol. The SMILES string of the molecule is COc1cccc2c1C(=O)c1c(O)c3c(c(O)c1C2=O)C(O)C(C)(O)CC3O[C@H]1C[C@H](N)[C@H](O)[C@H](C)O1. The van der Waals surface area contributed by atoms with Crippen molar-refractivity contribution in [2.45, 2.75) is 69.0 Å². The van der Waals surface area contributed by atoms with E-state index in [1.165, 1.54) is 32.2 Å². The van der Waals surface area contributed by atoms with E-state index in [1.807, 2.05) is 0 Å². The van der Waals surface area contributed by atoms with Crippen LogP contribution in [0.5, 0.6) is 17.2 Å². The van der Waals surface area contributed by atoms with Gasteiger partial charge in [0, 0.05) is 35.6 Å². The van der Waals surface area contributed by atoms with Crippen LogP contribution in [-0.2, 0) is 9.47 Å². The van der Waals surface area contributed by atoms with Gasteiger partial charge in [-0.25, -0.2) is 0 Å². The fourth-order valence-corrected chi connectivity index (χ4v) is 5.56. The number of ketones is 2. The number of aromatic hydroxyl groups is 2. The first-order valence-electron chi connectivity index (χ1n) is 11.9. The van der Waals surface area contributed by atoms with E-state index in [-0.39, 0.29) is 40.8 Å². The third-order valence-electron chi connectivity index (χ3n) is 7.55. The predicted octanol–water partition coefficient (Wildman–Crippen LogP) is 0.951. The van der Waals surface area contributed by atoms with E-state index in [0.717, 1.165) is 0 Å². The molecule has 1 aliphatic heterocycles. The molecule has 1 saturated heterocycles. The molecule has 0 saturated carbocycles. The smallest absolute Gasteiger partial charge is 0.202 e. The third-order valence-corrected chi connectivity index (χ3v) is 7.55. The van der Waals surface area contributed by atoms with E-state index in [4.69, 9.17) is 19.9 Å². The van der Waals surface area contributed by atoms with E-state index < -0.39 is 76.5 Å². The van der Waals surface area contributed by atoms with E-state index in [2.05, 4.69) is 0 Å². The standard InChI is InChI=1S/C26H29NO10/c1-9-20(28)11(27)7-14(36-9)37-13-8-26(2,34)25(33)19-16(13)23(31)18-17(24(19)32)21(29)10-5-4-6-12(35-3)15(10)22(18)30/h4-6,9,11,13-14,20,25,28,31-34H,7-8,27H2,1-3H3/t9-,11-,13?,14-,20+,25?,26?/m0/s1. The molecule has 0 radical (unpaired) electrons. The van der Waals surface area contributed by atoms with Gasteiger partial charge in [-0.2, -0.15) is 0 Å². The average molecular weight is 516 g/mol. The maximum Gasteiger partial charge on any atom is 0.202 e. The average Bonchev–Trinajstić information content (AvgIpc) is 2.84. The number of phenolic OH excluding ortho intramolecular Hbond substituents is 2. The molecule has 0 amide bonds. The van der Waals surface area contributed by atoms with Crippen molar-refractivity contribution in [2.24, 2.45) is 5.73 Å². The predicted molar refractivity (Wildman–Crippen MR) is 127 cm³/mol. The van der Waals surface area contributed by atoms with Gasteiger partial charge in [0.25, 0.3) is 0 Å². The third kappa shape index (κ3) is 3.73. The molecule has 0 bridgehead atoms. The lowest BCUT2D eigenvalue weighted by Crippen LogP contribution is -2.52. The number of rotatable bonds is 3. The zero-order valence-corrected chi connectivity index (χ0v) is 20.5. The van der Waals surface area contributed by atoms with E-state index in [1.54, 1.807) is 6.92 Å². The topological polar surface area (TPSA) is 189 Å². The van der Waals surface area contributed by atoms with Crippen LogP contribution in [0.15, 0.2) is 18.2 Å². The van der Waals surface area contributed by atoms with Crippen LogP contribution in [0, 0.1) is 0 Å². The normalized spacial score (nSPS) is 32.9. The molecule has 37 heavy (non-hydrogen) atoms. The van der Waals surface area contributed by atoms with Gasteiger partial charge in [-0.1, -0.05) is 12.1 Å². The maximum atomic E-state index is 13.6. The van der Waals surface area contributed by atoms with Crippen LogP contribution in [0.3, 0.4) is 0 Å². The first-order valence-corrected chi connectivity index (χ1v) is 11.9. The Bertz CT molecular complexity index is 1290. The Kier molecular flexibility index (Phi) is 6.06. The number of nitrogens with two attached hydrogens (primary N) is 1. The molecule has 5 rings (SSSR count). The Morgan fingerprint density at radius 1 is 1.05 bits per heavy atom. The summed E-state index contributed by atoms with van der Waals surface area (Å²) in [4.78, 5) is 27.0. The molecule has 3 aliphatic rings. The Morgan fingerprint density at radius 3 is 2.35 bits per heavy atom. The summed E-state index contributed by atoms with van der Waals surface area (Å²) in [6.45, 7) is 2.93. The molecule has 2 aromatic carbocycles. The number of fused-ring (bicyclic) bond motifs is 3. The minimum Gasteiger partial charge on any atom is -0.507 e. The number of methoxy groups -OCH3 is 1. The lowest BCUT2D eigenvalue weighted by molar-refractivity contribution is -0.251. The van der Waals surface area contributed by atoms with Crippen molar-refractivity contribution in [3.8, 4) is 17.2 Å². The first-order chi connectivity index (χ1) is 17.4. The number of hydrogen-bond acceptors (Lipinski definition) is 11. The Labute approximate surface area is 212 Å². The zero-order chi connectivity index (χ0) is 27.0. The molecular formula is C26H29NO10. The van der Waals surface area contributed by atoms with Crippen LogP contribution in [0.4, 0.5) is 0 Å². The highest BCUT2D eigenvalue weighted by molar-refractivity contribution is 6.31. The van der Waals surface area contributed by atoms with Gasteiger partial charge in [-0.05, 0) is 19.9 Å². The van der Waals surface area contributed by atoms with Gasteiger partial charge in [-0.3, -0.25) is 9.59 Å². The number of aliphatic hydroxyl groups excluding tert-OH is 2. The molecule has 11 heteroatoms. The van der Waals surface area contributed by atoms with Crippen molar-refractivity contribution in [1.82, 2.24) is 0 Å². The van der Waals surface area contributed by atoms with Crippen LogP contribution in [-0.4, -0.2) is 74.3 Å². The molecule has 1 heterocycles. The highest BCUT2D eigenvalue weighted by atomic mass is 16.7. The van der Waals surface area contributed by atoms with Crippen molar-refractivity contribution in [3.05, 3.63) is 51.6 Å². The highest BCUT2D eigenvalue weighted by Gasteiger charge is 2.50. The van der Waals surface area contributed by atoms with Gasteiger partial charge in [0.2, 0.25) is 5.78 Å². The van der Waals surface area contributed by atoms with E-state index in [0.29, 0.717) is 0 Å². The summed E-state index contributed by atoms with van der Waals surface area (Å²) >= 11 is 0. The number of benzene rings is 2. The molecule has 7 atom stereocenters. The van der Waals surface area contributed by atoms with Crippen molar-refractivity contribution in [3.63, 3.8) is 0 Å². The molecule has 2 aromatic rings. The van der Waals surface area contributed by atoms with Crippen LogP contribution < -0.4 is 10.5 Å². The molecule has 11 nitrogen and oxygen atoms in total. The van der Waals surface area contributed by atoms with Crippen molar-refractivity contribution >= 4 is 11.6 Å². The molecule has 0 spiro atoms. The second-order valence-corrected chi connectivity index (χ2v) is 10.1. The quantitative estimate of drug-likeness (QED) is 0.272. The fraction of sp³-hybridized carbons (Fsp3) is 0.462. The van der Waals surface area contributed by atoms with Gasteiger partial charge in [0.1, 0.15) is 23.4 Å². The zero-order valence-electron chi connectivity index (χ0n) is 20.5. The molecule has 198 valence electrons. The van der Waals surface area contributed by atoms with Gasteiger partial charge in [0.15, 0.2) is 12.1 Å². The summed E-state index contributed by atoms with van der Waals surface area (Å²) in [6, 6.07) is 3.74. The second-order valence-electron chi connectivity index (χ2n) is 10.1. The lowest BCUT2D eigenvalue weighted by Gasteiger charge is -2.43. The summed E-state index contributed by atoms with van der Waals surface area (Å²) in [7, 11) is 1.34. The first kappa shape index (κ1) is 25.6.